The van der Waals surface area contributed by atoms with Crippen LogP contribution in [0, 0.1) is 5.41 Å². The lowest BCUT2D eigenvalue weighted by atomic mass is 9.93. The summed E-state index contributed by atoms with van der Waals surface area (Å²) < 4.78 is 11.1. The third-order valence-electron chi connectivity index (χ3n) is 4.15. The zero-order chi connectivity index (χ0) is 24.8. The van der Waals surface area contributed by atoms with Crippen LogP contribution in [0.3, 0.4) is 0 Å². The summed E-state index contributed by atoms with van der Waals surface area (Å²) in [7, 11) is 0. The maximum Gasteiger partial charge on any atom is 0.326 e. The van der Waals surface area contributed by atoms with Gasteiger partial charge in [0.1, 0.15) is 18.7 Å². The van der Waals surface area contributed by atoms with Crippen LogP contribution in [0.15, 0.2) is 0 Å². The summed E-state index contributed by atoms with van der Waals surface area (Å²) in [6, 6.07) is 0. The van der Waals surface area contributed by atoms with Gasteiger partial charge in [-0.15, -0.1) is 0 Å². The lowest BCUT2D eigenvalue weighted by molar-refractivity contribution is -0.184. The molecule has 1 aliphatic rings. The Morgan fingerprint density at radius 1 is 1.23 bits per heavy atom. The number of carboxylic acid groups (broad SMARTS) is 1. The van der Waals surface area contributed by atoms with Gasteiger partial charge >= 0.3 is 11.9 Å². The lowest BCUT2D eigenvalue weighted by Gasteiger charge is -2.39. The van der Waals surface area contributed by atoms with Crippen molar-refractivity contribution in [1.29, 1.82) is 0 Å². The van der Waals surface area contributed by atoms with Crippen LogP contribution in [0.5, 0.6) is 0 Å². The Morgan fingerprint density at radius 2 is 1.77 bits per heavy atom. The largest absolute Gasteiger partial charge is 0.480 e. The molecule has 1 fully saturated rings. The van der Waals surface area contributed by atoms with Crippen molar-refractivity contribution in [3.8, 4) is 0 Å². The number of esters is 1. The Bertz CT molecular complexity index is 592. The van der Waals surface area contributed by atoms with E-state index in [2.05, 4.69) is 0 Å². The zero-order valence-corrected chi connectivity index (χ0v) is 20.7. The second kappa shape index (κ2) is 14.8. The SMILES string of the molecule is CC.CC.CCC(=O)N(CC(=O)O)CC(C)(C)COCC1(C)CN(C(C)=O)CC(=O)O1. The van der Waals surface area contributed by atoms with Crippen molar-refractivity contribution in [2.45, 2.75) is 74.3 Å². The van der Waals surface area contributed by atoms with Crippen LogP contribution in [0.2, 0.25) is 0 Å². The van der Waals surface area contributed by atoms with Gasteiger partial charge < -0.3 is 24.4 Å². The predicted molar refractivity (Wildman–Crippen MR) is 119 cm³/mol. The van der Waals surface area contributed by atoms with Crippen molar-refractivity contribution in [2.24, 2.45) is 5.41 Å². The van der Waals surface area contributed by atoms with Crippen LogP contribution in [-0.4, -0.2) is 83.7 Å². The quantitative estimate of drug-likeness (QED) is 0.542. The maximum atomic E-state index is 12.0. The van der Waals surface area contributed by atoms with Crippen molar-refractivity contribution in [3.63, 3.8) is 0 Å². The monoisotopic (exact) mass is 446 g/mol. The molecule has 1 N–H and O–H groups in total. The summed E-state index contributed by atoms with van der Waals surface area (Å²) in [4.78, 5) is 49.0. The first-order chi connectivity index (χ1) is 14.4. The topological polar surface area (TPSA) is 113 Å². The van der Waals surface area contributed by atoms with E-state index in [1.165, 1.54) is 16.7 Å². The molecule has 1 rings (SSSR count). The van der Waals surface area contributed by atoms with Crippen LogP contribution in [0.4, 0.5) is 0 Å². The molecule has 0 spiro atoms. The number of morpholine rings is 1. The van der Waals surface area contributed by atoms with Gasteiger partial charge in [-0.25, -0.2) is 0 Å². The highest BCUT2D eigenvalue weighted by molar-refractivity contribution is 5.82. The molecular formula is C22H42N2O7. The molecule has 182 valence electrons. The molecule has 0 aromatic rings. The van der Waals surface area contributed by atoms with Crippen molar-refractivity contribution in [3.05, 3.63) is 0 Å². The van der Waals surface area contributed by atoms with Crippen molar-refractivity contribution < 1.29 is 33.8 Å². The van der Waals surface area contributed by atoms with Gasteiger partial charge in [-0.1, -0.05) is 48.5 Å². The van der Waals surface area contributed by atoms with Gasteiger partial charge in [0.05, 0.1) is 19.8 Å². The van der Waals surface area contributed by atoms with Gasteiger partial charge in [0.25, 0.3) is 0 Å². The number of hydrogen-bond donors (Lipinski definition) is 1. The number of hydrogen-bond acceptors (Lipinski definition) is 6. The fourth-order valence-corrected chi connectivity index (χ4v) is 2.98. The van der Waals surface area contributed by atoms with Crippen molar-refractivity contribution >= 4 is 23.8 Å². The molecule has 0 aromatic carbocycles. The van der Waals surface area contributed by atoms with Crippen LogP contribution >= 0.6 is 0 Å². The number of amides is 2. The highest BCUT2D eigenvalue weighted by atomic mass is 16.6. The van der Waals surface area contributed by atoms with E-state index in [0.29, 0.717) is 0 Å². The number of carbonyl (C=O) groups is 4. The number of nitrogens with zero attached hydrogens (tertiary/aromatic N) is 2. The maximum absolute atomic E-state index is 12.0. The molecule has 0 aromatic heterocycles. The second-order valence-electron chi connectivity index (χ2n) is 7.95. The zero-order valence-electron chi connectivity index (χ0n) is 20.7. The average molecular weight is 447 g/mol. The lowest BCUT2D eigenvalue weighted by Crippen LogP contribution is -2.56. The van der Waals surface area contributed by atoms with Gasteiger partial charge in [0, 0.05) is 25.3 Å². The van der Waals surface area contributed by atoms with E-state index in [4.69, 9.17) is 14.6 Å². The third kappa shape index (κ3) is 12.3. The Hall–Kier alpha value is -2.16. The normalized spacial score (nSPS) is 18.0. The summed E-state index contributed by atoms with van der Waals surface area (Å²) in [6.45, 7) is 16.9. The number of ether oxygens (including phenoxy) is 2. The molecule has 1 aliphatic heterocycles. The highest BCUT2D eigenvalue weighted by Crippen LogP contribution is 2.22. The van der Waals surface area contributed by atoms with E-state index in [9.17, 15) is 19.2 Å². The van der Waals surface area contributed by atoms with E-state index >= 15 is 0 Å². The molecule has 1 atom stereocenters. The van der Waals surface area contributed by atoms with E-state index in [1.54, 1.807) is 13.8 Å². The molecule has 0 radical (unpaired) electrons. The minimum atomic E-state index is -1.07. The van der Waals surface area contributed by atoms with E-state index < -0.39 is 23.0 Å². The molecule has 0 saturated carbocycles. The average Bonchev–Trinajstić information content (AvgIpc) is 2.68. The summed E-state index contributed by atoms with van der Waals surface area (Å²) >= 11 is 0. The number of aliphatic carboxylic acids is 1. The first-order valence-corrected chi connectivity index (χ1v) is 10.9. The molecule has 0 aliphatic carbocycles. The summed E-state index contributed by atoms with van der Waals surface area (Å²) in [5, 5.41) is 8.99. The summed E-state index contributed by atoms with van der Waals surface area (Å²) in [5.41, 5.74) is -1.45. The van der Waals surface area contributed by atoms with Crippen LogP contribution in [-0.2, 0) is 28.7 Å². The summed E-state index contributed by atoms with van der Waals surface area (Å²) in [6.07, 6.45) is 0.221. The van der Waals surface area contributed by atoms with Crippen LogP contribution in [0.25, 0.3) is 0 Å². The highest BCUT2D eigenvalue weighted by Gasteiger charge is 2.39. The van der Waals surface area contributed by atoms with Gasteiger partial charge in [-0.2, -0.15) is 0 Å². The third-order valence-corrected chi connectivity index (χ3v) is 4.15. The fraction of sp³-hybridized carbons (Fsp3) is 0.818. The van der Waals surface area contributed by atoms with Crippen molar-refractivity contribution in [1.82, 2.24) is 9.80 Å². The minimum Gasteiger partial charge on any atom is -0.480 e. The predicted octanol–water partition coefficient (Wildman–Crippen LogP) is 2.57. The Kier molecular flexibility index (Phi) is 14.8. The Morgan fingerprint density at radius 3 is 2.23 bits per heavy atom. The standard InChI is InChI=1S/C18H30N2O7.2C2H6/c1-6-14(22)20(7-15(23)24)9-17(3,4)11-26-12-18(5)10-19(13(2)21)8-16(25)27-18;2*1-2/h6-12H2,1-5H3,(H,23,24);2*1-2H3. The molecule has 1 unspecified atom stereocenters. The Balaban J connectivity index is 0. The minimum absolute atomic E-state index is 0.0697. The number of carboxylic acids is 1. The number of rotatable bonds is 9. The van der Waals surface area contributed by atoms with Gasteiger partial charge in [-0.3, -0.25) is 19.2 Å². The van der Waals surface area contributed by atoms with Gasteiger partial charge in [0.15, 0.2) is 0 Å². The van der Waals surface area contributed by atoms with E-state index in [1.807, 2.05) is 41.5 Å². The fourth-order valence-electron chi connectivity index (χ4n) is 2.98. The molecule has 9 nitrogen and oxygen atoms in total. The molecule has 0 bridgehead atoms. The van der Waals surface area contributed by atoms with Crippen LogP contribution < -0.4 is 0 Å². The molecule has 1 heterocycles. The molecular weight excluding hydrogens is 404 g/mol. The smallest absolute Gasteiger partial charge is 0.326 e. The van der Waals surface area contributed by atoms with E-state index in [0.717, 1.165) is 0 Å². The molecule has 31 heavy (non-hydrogen) atoms. The number of carbonyl (C=O) groups excluding carboxylic acids is 3. The van der Waals surface area contributed by atoms with Crippen LogP contribution in [0.1, 0.15) is 68.7 Å². The Labute approximate surface area is 187 Å². The summed E-state index contributed by atoms with van der Waals surface area (Å²) in [5.74, 6) is -2.00. The molecule has 9 heteroatoms. The van der Waals surface area contributed by atoms with Gasteiger partial charge in [-0.05, 0) is 6.92 Å². The van der Waals surface area contributed by atoms with E-state index in [-0.39, 0.29) is 57.6 Å². The molecule has 2 amide bonds. The number of cyclic esters (lactones) is 1. The first-order valence-electron chi connectivity index (χ1n) is 10.9. The van der Waals surface area contributed by atoms with Gasteiger partial charge in [0.2, 0.25) is 11.8 Å². The second-order valence-corrected chi connectivity index (χ2v) is 7.95. The molecule has 1 saturated heterocycles. The van der Waals surface area contributed by atoms with Crippen molar-refractivity contribution in [2.75, 3.05) is 39.4 Å². The first kappa shape index (κ1) is 31.0.